The van der Waals surface area contributed by atoms with Gasteiger partial charge in [0.1, 0.15) is 5.82 Å². The van der Waals surface area contributed by atoms with Gasteiger partial charge in [-0.15, -0.1) is 0 Å². The summed E-state index contributed by atoms with van der Waals surface area (Å²) < 4.78 is 7.26. The molecule has 0 aliphatic heterocycles. The van der Waals surface area contributed by atoms with Crippen molar-refractivity contribution in [3.63, 3.8) is 0 Å². The highest BCUT2D eigenvalue weighted by atomic mass is 15.3. The van der Waals surface area contributed by atoms with Crippen molar-refractivity contribution in [3.8, 4) is 17.1 Å². The molecule has 89 heavy (non-hydrogen) atoms. The van der Waals surface area contributed by atoms with Gasteiger partial charge in [0.2, 0.25) is 5.95 Å². The molecule has 16 aromatic rings. The first-order valence-electron chi connectivity index (χ1n) is 30.5. The number of hydrogen-bond donors (Lipinski definition) is 0. The highest BCUT2D eigenvalue weighted by molar-refractivity contribution is 6.12. The predicted octanol–water partition coefficient (Wildman–Crippen LogP) is 21.0. The summed E-state index contributed by atoms with van der Waals surface area (Å²) in [6.07, 6.45) is 4.76. The summed E-state index contributed by atoms with van der Waals surface area (Å²) in [7, 11) is 0. The average molecular weight is 1140 g/mol. The van der Waals surface area contributed by atoms with Crippen LogP contribution >= 0.6 is 0 Å². The SMILES string of the molecule is CC1c2c(c3ccccc3n2-c2ccccc2)C=CC1N(c1ccccc1)c1nc(N(c2ccccc2)c2ccc3c(c2)c2ccccc2n3-c2ccccc2)nc2ccc(-n3c4ccccc4c4cc(N(c5ccccc5)c5ccccc5)ccc43)cc12. The number of nitrogens with zero attached hydrogens (tertiary/aromatic N) is 8. The molecule has 4 heterocycles. The minimum Gasteiger partial charge on any atom is -0.318 e. The van der Waals surface area contributed by atoms with Crippen LogP contribution in [0.25, 0.3) is 88.6 Å². The van der Waals surface area contributed by atoms with Gasteiger partial charge in [0.15, 0.2) is 0 Å². The number of aromatic nitrogens is 5. The lowest BCUT2D eigenvalue weighted by molar-refractivity contribution is 0.613. The van der Waals surface area contributed by atoms with Crippen molar-refractivity contribution >= 4 is 117 Å². The summed E-state index contributed by atoms with van der Waals surface area (Å²) in [6.45, 7) is 2.39. The van der Waals surface area contributed by atoms with Gasteiger partial charge >= 0.3 is 0 Å². The zero-order valence-corrected chi connectivity index (χ0v) is 48.8. The van der Waals surface area contributed by atoms with Gasteiger partial charge in [0.25, 0.3) is 0 Å². The Labute approximate surface area is 515 Å². The van der Waals surface area contributed by atoms with E-state index in [4.69, 9.17) is 9.97 Å². The smallest absolute Gasteiger partial charge is 0.237 e. The molecule has 12 aromatic carbocycles. The number of fused-ring (bicyclic) bond motifs is 10. The first kappa shape index (κ1) is 51.7. The molecule has 0 bridgehead atoms. The summed E-state index contributed by atoms with van der Waals surface area (Å²) in [5.74, 6) is 1.31. The van der Waals surface area contributed by atoms with Crippen molar-refractivity contribution in [2.75, 3.05) is 14.7 Å². The molecule has 0 radical (unpaired) electrons. The van der Waals surface area contributed by atoms with Gasteiger partial charge in [-0.1, -0.05) is 183 Å². The van der Waals surface area contributed by atoms with Gasteiger partial charge in [0.05, 0.1) is 39.1 Å². The maximum atomic E-state index is 6.03. The van der Waals surface area contributed by atoms with E-state index in [0.29, 0.717) is 5.95 Å². The Morgan fingerprint density at radius 2 is 0.742 bits per heavy atom. The molecule has 2 atom stereocenters. The Hall–Kier alpha value is -11.7. The van der Waals surface area contributed by atoms with Crippen LogP contribution in [0.4, 0.5) is 45.9 Å². The zero-order chi connectivity index (χ0) is 58.9. The highest BCUT2D eigenvalue weighted by Gasteiger charge is 2.36. The Kier molecular flexibility index (Phi) is 12.4. The summed E-state index contributed by atoms with van der Waals surface area (Å²) in [6, 6.07) is 111. The number of para-hydroxylation sites is 9. The molecule has 0 saturated carbocycles. The van der Waals surface area contributed by atoms with Crippen LogP contribution in [0.2, 0.25) is 0 Å². The number of benzene rings is 12. The van der Waals surface area contributed by atoms with Crippen LogP contribution in [0, 0.1) is 0 Å². The second-order valence-corrected chi connectivity index (χ2v) is 23.0. The molecule has 1 aliphatic rings. The summed E-state index contributed by atoms with van der Waals surface area (Å²) in [5.41, 5.74) is 18.3. The van der Waals surface area contributed by atoms with Gasteiger partial charge in [-0.05, 0) is 146 Å². The lowest BCUT2D eigenvalue weighted by Gasteiger charge is -2.38. The van der Waals surface area contributed by atoms with Crippen molar-refractivity contribution in [2.24, 2.45) is 0 Å². The Bertz CT molecular complexity index is 5310. The van der Waals surface area contributed by atoms with Crippen LogP contribution in [0.15, 0.2) is 315 Å². The molecule has 4 aromatic heterocycles. The lowest BCUT2D eigenvalue weighted by atomic mass is 9.87. The van der Waals surface area contributed by atoms with Crippen molar-refractivity contribution in [3.05, 3.63) is 327 Å². The van der Waals surface area contributed by atoms with E-state index in [2.05, 4.69) is 357 Å². The summed E-state index contributed by atoms with van der Waals surface area (Å²) >= 11 is 0. The van der Waals surface area contributed by atoms with Gasteiger partial charge in [0, 0.05) is 101 Å². The Morgan fingerprint density at radius 3 is 1.29 bits per heavy atom. The van der Waals surface area contributed by atoms with E-state index in [1.807, 2.05) is 0 Å². The van der Waals surface area contributed by atoms with E-state index >= 15 is 0 Å². The quantitative estimate of drug-likeness (QED) is 0.122. The van der Waals surface area contributed by atoms with E-state index < -0.39 is 0 Å². The highest BCUT2D eigenvalue weighted by Crippen LogP contribution is 2.48. The topological polar surface area (TPSA) is 50.3 Å². The van der Waals surface area contributed by atoms with E-state index in [9.17, 15) is 0 Å². The summed E-state index contributed by atoms with van der Waals surface area (Å²) in [5, 5.41) is 6.77. The minimum absolute atomic E-state index is 0.0353. The normalized spacial score (nSPS) is 13.9. The summed E-state index contributed by atoms with van der Waals surface area (Å²) in [4.78, 5) is 18.8. The lowest BCUT2D eigenvalue weighted by Crippen LogP contribution is -2.37. The van der Waals surface area contributed by atoms with Crippen molar-refractivity contribution < 1.29 is 0 Å². The van der Waals surface area contributed by atoms with E-state index in [1.54, 1.807) is 0 Å². The first-order chi connectivity index (χ1) is 44.1. The standard InChI is InChI=1S/C81H58N8/c1-55-73(51-47-68-65-38-20-25-43-76(65)88(79(55)68)60-34-16-6-17-35-60)89(61-36-18-7-19-37-61)80-71-54-64(87-75-42-24-22-40-67(75)69-52-62(45-49-78(69)87)84(56-26-8-2-9-27-56)57-28-10-3-11-29-57)44-48-72(71)82-81(83-80)85(58-30-12-4-13-31-58)63-46-50-77-70(53-63)66-39-21-23-41-74(66)86(77)59-32-14-5-15-33-59/h2-55,73H,1H3. The zero-order valence-electron chi connectivity index (χ0n) is 48.8. The van der Waals surface area contributed by atoms with Crippen LogP contribution in [-0.4, -0.2) is 29.7 Å². The number of hydrogen-bond acceptors (Lipinski definition) is 5. The van der Waals surface area contributed by atoms with E-state index in [1.165, 1.54) is 27.5 Å². The van der Waals surface area contributed by atoms with Crippen LogP contribution < -0.4 is 14.7 Å². The molecule has 0 amide bonds. The van der Waals surface area contributed by atoms with Crippen LogP contribution in [-0.2, 0) is 0 Å². The van der Waals surface area contributed by atoms with Crippen molar-refractivity contribution in [1.29, 1.82) is 0 Å². The molecular weight excluding hydrogens is 1080 g/mol. The fourth-order valence-corrected chi connectivity index (χ4v) is 14.0. The maximum absolute atomic E-state index is 6.03. The van der Waals surface area contributed by atoms with Crippen LogP contribution in [0.1, 0.15) is 24.1 Å². The molecule has 8 nitrogen and oxygen atoms in total. The van der Waals surface area contributed by atoms with Crippen molar-refractivity contribution in [1.82, 2.24) is 23.7 Å². The van der Waals surface area contributed by atoms with Gasteiger partial charge in [-0.2, -0.15) is 4.98 Å². The monoisotopic (exact) mass is 1140 g/mol. The third-order valence-electron chi connectivity index (χ3n) is 17.9. The fraction of sp³-hybridized carbons (Fsp3) is 0.0370. The van der Waals surface area contributed by atoms with Crippen LogP contribution in [0.3, 0.4) is 0 Å². The second-order valence-electron chi connectivity index (χ2n) is 23.0. The molecule has 1 aliphatic carbocycles. The molecule has 2 unspecified atom stereocenters. The van der Waals surface area contributed by atoms with E-state index in [-0.39, 0.29) is 12.0 Å². The Balaban J connectivity index is 0.909. The minimum atomic E-state index is -0.208. The average Bonchev–Trinajstić information content (AvgIpc) is 2.03. The molecule has 0 saturated heterocycles. The largest absolute Gasteiger partial charge is 0.318 e. The molecular formula is C81H58N8. The van der Waals surface area contributed by atoms with Gasteiger partial charge < -0.3 is 23.5 Å². The first-order valence-corrected chi connectivity index (χ1v) is 30.5. The Morgan fingerprint density at radius 1 is 0.315 bits per heavy atom. The number of rotatable bonds is 12. The molecule has 0 fully saturated rings. The predicted molar refractivity (Wildman–Crippen MR) is 371 cm³/mol. The maximum Gasteiger partial charge on any atom is 0.237 e. The van der Waals surface area contributed by atoms with Crippen molar-refractivity contribution in [2.45, 2.75) is 18.9 Å². The van der Waals surface area contributed by atoms with Gasteiger partial charge in [-0.3, -0.25) is 4.90 Å². The molecule has 8 heteroatoms. The third-order valence-corrected chi connectivity index (χ3v) is 17.9. The second kappa shape index (κ2) is 21.3. The molecule has 422 valence electrons. The molecule has 0 spiro atoms. The molecule has 0 N–H and O–H groups in total. The third kappa shape index (κ3) is 8.59. The van der Waals surface area contributed by atoms with E-state index in [0.717, 1.165) is 106 Å². The van der Waals surface area contributed by atoms with Gasteiger partial charge in [-0.25, -0.2) is 4.98 Å². The molecule has 17 rings (SSSR count). The van der Waals surface area contributed by atoms with Crippen LogP contribution in [0.5, 0.6) is 0 Å². The fourth-order valence-electron chi connectivity index (χ4n) is 14.0. The number of anilines is 8.